The van der Waals surface area contributed by atoms with Crippen molar-refractivity contribution in [2.45, 2.75) is 39.0 Å². The molecule has 0 aliphatic heterocycles. The Morgan fingerprint density at radius 2 is 1.62 bits per heavy atom. The second-order valence-corrected chi connectivity index (χ2v) is 6.77. The number of halogens is 3. The average molecular weight is 405 g/mol. The van der Waals surface area contributed by atoms with E-state index in [-0.39, 0.29) is 0 Å². The number of rotatable bonds is 6. The van der Waals surface area contributed by atoms with Crippen LogP contribution in [0.2, 0.25) is 0 Å². The van der Waals surface area contributed by atoms with Crippen LogP contribution in [0.5, 0.6) is 0 Å². The number of para-hydroxylation sites is 1. The first-order valence-electron chi connectivity index (χ1n) is 9.03. The van der Waals surface area contributed by atoms with Gasteiger partial charge in [0.25, 0.3) is 5.91 Å². The van der Waals surface area contributed by atoms with E-state index in [4.69, 9.17) is 4.74 Å². The van der Waals surface area contributed by atoms with Crippen LogP contribution < -0.4 is 5.32 Å². The van der Waals surface area contributed by atoms with Crippen molar-refractivity contribution in [2.24, 2.45) is 0 Å². The molecule has 154 valence electrons. The molecule has 0 spiro atoms. The van der Waals surface area contributed by atoms with E-state index in [0.29, 0.717) is 5.92 Å². The lowest BCUT2D eigenvalue weighted by Crippen LogP contribution is -2.30. The summed E-state index contributed by atoms with van der Waals surface area (Å²) in [6.45, 7) is 5.43. The molecule has 1 unspecified atom stereocenters. The molecule has 29 heavy (non-hydrogen) atoms. The van der Waals surface area contributed by atoms with Crippen LogP contribution in [-0.2, 0) is 20.5 Å². The lowest BCUT2D eigenvalue weighted by atomic mass is 10.0. The summed E-state index contributed by atoms with van der Waals surface area (Å²) in [4.78, 5) is 24.0. The smallest absolute Gasteiger partial charge is 0.418 e. The van der Waals surface area contributed by atoms with Crippen LogP contribution in [0, 0.1) is 0 Å². The number of ether oxygens (including phenoxy) is 1. The van der Waals surface area contributed by atoms with Gasteiger partial charge in [0.15, 0.2) is 6.10 Å². The van der Waals surface area contributed by atoms with Crippen molar-refractivity contribution in [3.8, 4) is 0 Å². The average Bonchev–Trinajstić information content (AvgIpc) is 2.66. The van der Waals surface area contributed by atoms with E-state index in [1.165, 1.54) is 25.1 Å². The van der Waals surface area contributed by atoms with Crippen LogP contribution in [-0.4, -0.2) is 18.0 Å². The van der Waals surface area contributed by atoms with E-state index >= 15 is 0 Å². The monoisotopic (exact) mass is 405 g/mol. The second-order valence-electron chi connectivity index (χ2n) is 6.77. The molecular formula is C22H22F3NO3. The van der Waals surface area contributed by atoms with Gasteiger partial charge in [-0.05, 0) is 42.2 Å². The summed E-state index contributed by atoms with van der Waals surface area (Å²) >= 11 is 0. The number of carbonyl (C=O) groups is 2. The van der Waals surface area contributed by atoms with E-state index in [1.54, 1.807) is 0 Å². The molecule has 2 aromatic carbocycles. The zero-order valence-electron chi connectivity index (χ0n) is 16.3. The first kappa shape index (κ1) is 22.2. The van der Waals surface area contributed by atoms with Crippen LogP contribution in [0.4, 0.5) is 18.9 Å². The van der Waals surface area contributed by atoms with E-state index in [1.807, 2.05) is 24.3 Å². The Balaban J connectivity index is 1.96. The number of amides is 1. The SMILES string of the molecule is CC(OC(=O)C=Cc1ccc(C(C)C)cc1)C(=O)Nc1ccccc1C(F)(F)F. The summed E-state index contributed by atoms with van der Waals surface area (Å²) in [7, 11) is 0. The van der Waals surface area contributed by atoms with Gasteiger partial charge in [0.1, 0.15) is 0 Å². The molecule has 7 heteroatoms. The lowest BCUT2D eigenvalue weighted by Gasteiger charge is -2.16. The van der Waals surface area contributed by atoms with Crippen LogP contribution >= 0.6 is 0 Å². The minimum Gasteiger partial charge on any atom is -0.449 e. The summed E-state index contributed by atoms with van der Waals surface area (Å²) in [5.74, 6) is -1.24. The molecule has 2 aromatic rings. The number of benzene rings is 2. The second kappa shape index (κ2) is 9.41. The summed E-state index contributed by atoms with van der Waals surface area (Å²) in [6.07, 6.45) is -3.18. The van der Waals surface area contributed by atoms with E-state index in [2.05, 4.69) is 19.2 Å². The fraction of sp³-hybridized carbons (Fsp3) is 0.273. The Kier molecular flexibility index (Phi) is 7.20. The molecular weight excluding hydrogens is 383 g/mol. The van der Waals surface area contributed by atoms with Crippen molar-refractivity contribution >= 4 is 23.6 Å². The number of esters is 1. The first-order valence-corrected chi connectivity index (χ1v) is 9.03. The van der Waals surface area contributed by atoms with Gasteiger partial charge in [-0.25, -0.2) is 4.79 Å². The van der Waals surface area contributed by atoms with Gasteiger partial charge in [-0.3, -0.25) is 4.79 Å². The molecule has 0 aliphatic carbocycles. The molecule has 0 radical (unpaired) electrons. The highest BCUT2D eigenvalue weighted by atomic mass is 19.4. The Bertz CT molecular complexity index is 887. The third-order valence-corrected chi connectivity index (χ3v) is 4.17. The highest BCUT2D eigenvalue weighted by molar-refractivity contribution is 5.97. The number of alkyl halides is 3. The van der Waals surface area contributed by atoms with E-state index in [0.717, 1.165) is 29.3 Å². The fourth-order valence-electron chi connectivity index (χ4n) is 2.50. The van der Waals surface area contributed by atoms with Crippen molar-refractivity contribution in [1.29, 1.82) is 0 Å². The van der Waals surface area contributed by atoms with Gasteiger partial charge in [-0.1, -0.05) is 50.2 Å². The molecule has 4 nitrogen and oxygen atoms in total. The minimum absolute atomic E-state index is 0.389. The standard InChI is InChI=1S/C22H22F3NO3/c1-14(2)17-11-8-16(9-12-17)10-13-20(27)29-15(3)21(28)26-19-7-5-4-6-18(19)22(23,24)25/h4-15H,1-3H3,(H,26,28). The third kappa shape index (κ3) is 6.48. The van der Waals surface area contributed by atoms with Gasteiger partial charge in [0.2, 0.25) is 0 Å². The Morgan fingerprint density at radius 3 is 2.21 bits per heavy atom. The van der Waals surface area contributed by atoms with Gasteiger partial charge in [-0.15, -0.1) is 0 Å². The maximum atomic E-state index is 13.0. The van der Waals surface area contributed by atoms with Gasteiger partial charge in [0, 0.05) is 6.08 Å². The molecule has 0 saturated heterocycles. The number of hydrogen-bond donors (Lipinski definition) is 1. The Labute approximate surface area is 167 Å². The van der Waals surface area contributed by atoms with Crippen molar-refractivity contribution in [1.82, 2.24) is 0 Å². The molecule has 0 fully saturated rings. The predicted octanol–water partition coefficient (Wildman–Crippen LogP) is 5.41. The molecule has 0 bridgehead atoms. The van der Waals surface area contributed by atoms with Crippen LogP contribution in [0.1, 0.15) is 43.4 Å². The van der Waals surface area contributed by atoms with Gasteiger partial charge < -0.3 is 10.1 Å². The lowest BCUT2D eigenvalue weighted by molar-refractivity contribution is -0.148. The molecule has 1 N–H and O–H groups in total. The van der Waals surface area contributed by atoms with Crippen molar-refractivity contribution in [2.75, 3.05) is 5.32 Å². The molecule has 0 aromatic heterocycles. The normalized spacial score (nSPS) is 12.8. The fourth-order valence-corrected chi connectivity index (χ4v) is 2.50. The van der Waals surface area contributed by atoms with E-state index < -0.39 is 35.4 Å². The zero-order chi connectivity index (χ0) is 21.6. The molecule has 0 aliphatic rings. The van der Waals surface area contributed by atoms with Crippen molar-refractivity contribution in [3.05, 3.63) is 71.3 Å². The van der Waals surface area contributed by atoms with Gasteiger partial charge in [-0.2, -0.15) is 13.2 Å². The Hall–Kier alpha value is -3.09. The number of hydrogen-bond acceptors (Lipinski definition) is 3. The number of anilines is 1. The van der Waals surface area contributed by atoms with Crippen LogP contribution in [0.15, 0.2) is 54.6 Å². The molecule has 1 atom stereocenters. The summed E-state index contributed by atoms with van der Waals surface area (Å²) in [5, 5.41) is 2.15. The van der Waals surface area contributed by atoms with Crippen molar-refractivity contribution in [3.63, 3.8) is 0 Å². The highest BCUT2D eigenvalue weighted by Crippen LogP contribution is 2.34. The number of nitrogens with one attached hydrogen (secondary N) is 1. The van der Waals surface area contributed by atoms with E-state index in [9.17, 15) is 22.8 Å². The first-order chi connectivity index (χ1) is 13.6. The largest absolute Gasteiger partial charge is 0.449 e. The minimum atomic E-state index is -4.61. The molecule has 0 saturated carbocycles. The van der Waals surface area contributed by atoms with Gasteiger partial charge >= 0.3 is 12.1 Å². The van der Waals surface area contributed by atoms with Crippen LogP contribution in [0.3, 0.4) is 0 Å². The van der Waals surface area contributed by atoms with Gasteiger partial charge in [0.05, 0.1) is 11.3 Å². The van der Waals surface area contributed by atoms with Crippen LogP contribution in [0.25, 0.3) is 6.08 Å². The molecule has 0 heterocycles. The summed E-state index contributed by atoms with van der Waals surface area (Å²) in [6, 6.07) is 12.2. The quantitative estimate of drug-likeness (QED) is 0.516. The highest BCUT2D eigenvalue weighted by Gasteiger charge is 2.34. The summed E-state index contributed by atoms with van der Waals surface area (Å²) in [5.41, 5.74) is 0.571. The third-order valence-electron chi connectivity index (χ3n) is 4.17. The Morgan fingerprint density at radius 1 is 1.00 bits per heavy atom. The number of carbonyl (C=O) groups excluding carboxylic acids is 2. The summed E-state index contributed by atoms with van der Waals surface area (Å²) < 4.78 is 44.0. The maximum absolute atomic E-state index is 13.0. The molecule has 2 rings (SSSR count). The van der Waals surface area contributed by atoms with Crippen molar-refractivity contribution < 1.29 is 27.5 Å². The maximum Gasteiger partial charge on any atom is 0.418 e. The zero-order valence-corrected chi connectivity index (χ0v) is 16.3. The predicted molar refractivity (Wildman–Crippen MR) is 105 cm³/mol. The topological polar surface area (TPSA) is 55.4 Å². The molecule has 1 amide bonds.